The van der Waals surface area contributed by atoms with Crippen LogP contribution in [0.2, 0.25) is 10.0 Å². The standard InChI is InChI=1S/C45H39Cl2F3N8O10/c1-54-31-19-33(66-3)32(65-2)18-29(31)52-28(40(54)61)11-12-55-42(63)56-13-10-25-30(58(56)43(55)64)17-26-39(60)57(53-38-27(47)16-23(20-51-38)45(48,49)50)41(62)44(26,22-6-8-24(46)9-7-22)36(25)21-14-34(67-4)37(59)35(15-21)68-5/h6-10,14-16,18-20,26,30,36,59H,11-13,17H2,1-5H3,(H,51,53)/t26-,30+,36-,44+/m0/s1. The van der Waals surface area contributed by atoms with E-state index in [0.717, 1.165) is 4.57 Å². The van der Waals surface area contributed by atoms with Gasteiger partial charge in [-0.15, -0.1) is 0 Å². The molecule has 6 aromatic rings. The Hall–Kier alpha value is -7.26. The van der Waals surface area contributed by atoms with E-state index in [4.69, 9.17) is 42.1 Å². The first-order chi connectivity index (χ1) is 32.4. The van der Waals surface area contributed by atoms with Gasteiger partial charge in [0.05, 0.1) is 74.0 Å². The minimum atomic E-state index is -4.81. The van der Waals surface area contributed by atoms with Crippen LogP contribution in [0, 0.1) is 5.92 Å². The van der Waals surface area contributed by atoms with E-state index in [0.29, 0.717) is 45.4 Å². The zero-order chi connectivity index (χ0) is 48.7. The van der Waals surface area contributed by atoms with Gasteiger partial charge < -0.3 is 28.6 Å². The molecule has 3 aromatic carbocycles. The number of aryl methyl sites for hydroxylation is 2. The zero-order valence-electron chi connectivity index (χ0n) is 36.6. The molecular weight excluding hydrogens is 940 g/mol. The molecule has 0 unspecified atom stereocenters. The molecule has 3 aliphatic rings. The van der Waals surface area contributed by atoms with Gasteiger partial charge in [-0.3, -0.25) is 19.8 Å². The number of ether oxygens (including phenoxy) is 4. The molecular formula is C45H39Cl2F3N8O10. The van der Waals surface area contributed by atoms with E-state index in [1.807, 2.05) is 0 Å². The summed E-state index contributed by atoms with van der Waals surface area (Å²) in [4.78, 5) is 81.7. The Kier molecular flexibility index (Phi) is 11.3. The summed E-state index contributed by atoms with van der Waals surface area (Å²) in [6.45, 7) is -0.471. The minimum Gasteiger partial charge on any atom is -0.502 e. The molecule has 9 rings (SSSR count). The van der Waals surface area contributed by atoms with Crippen molar-refractivity contribution in [2.24, 2.45) is 13.0 Å². The predicted molar refractivity (Wildman–Crippen MR) is 239 cm³/mol. The fraction of sp³-hybridized carbons (Fsp3) is 0.311. The maximum atomic E-state index is 15.6. The van der Waals surface area contributed by atoms with Crippen molar-refractivity contribution in [3.8, 4) is 28.7 Å². The molecule has 354 valence electrons. The van der Waals surface area contributed by atoms with E-state index in [9.17, 15) is 32.7 Å². The van der Waals surface area contributed by atoms with Crippen LogP contribution in [-0.2, 0) is 47.7 Å². The van der Waals surface area contributed by atoms with Gasteiger partial charge in [0.25, 0.3) is 17.4 Å². The summed E-state index contributed by atoms with van der Waals surface area (Å²) in [5.74, 6) is -4.56. The first-order valence-electron chi connectivity index (χ1n) is 20.7. The summed E-state index contributed by atoms with van der Waals surface area (Å²) in [5, 5.41) is 11.5. The number of imide groups is 1. The van der Waals surface area contributed by atoms with Gasteiger partial charge >= 0.3 is 17.6 Å². The van der Waals surface area contributed by atoms with Gasteiger partial charge in [0, 0.05) is 49.3 Å². The Morgan fingerprint density at radius 2 is 1.53 bits per heavy atom. The van der Waals surface area contributed by atoms with Gasteiger partial charge in [-0.05, 0) is 53.5 Å². The number of pyridine rings is 1. The summed E-state index contributed by atoms with van der Waals surface area (Å²) >= 11 is 12.7. The van der Waals surface area contributed by atoms with Crippen LogP contribution in [0.1, 0.15) is 40.8 Å². The molecule has 18 nitrogen and oxygen atoms in total. The number of anilines is 1. The van der Waals surface area contributed by atoms with Crippen LogP contribution in [0.15, 0.2) is 86.8 Å². The molecule has 2 N–H and O–H groups in total. The van der Waals surface area contributed by atoms with Crippen molar-refractivity contribution in [3.05, 3.63) is 136 Å². The topological polar surface area (TPSA) is 203 Å². The lowest BCUT2D eigenvalue weighted by Crippen LogP contribution is -2.53. The van der Waals surface area contributed by atoms with Crippen molar-refractivity contribution in [1.29, 1.82) is 0 Å². The van der Waals surface area contributed by atoms with Crippen molar-refractivity contribution < 1.29 is 46.8 Å². The Bertz CT molecular complexity index is 3290. The zero-order valence-corrected chi connectivity index (χ0v) is 38.1. The number of amides is 2. The maximum Gasteiger partial charge on any atom is 0.417 e. The van der Waals surface area contributed by atoms with Gasteiger partial charge in [0.15, 0.2) is 28.8 Å². The second kappa shape index (κ2) is 16.8. The first-order valence-corrected chi connectivity index (χ1v) is 21.5. The largest absolute Gasteiger partial charge is 0.502 e. The number of hydrogen-bond acceptors (Lipinski definition) is 13. The molecule has 23 heteroatoms. The van der Waals surface area contributed by atoms with Crippen LogP contribution in [0.25, 0.3) is 11.0 Å². The highest BCUT2D eigenvalue weighted by Gasteiger charge is 2.69. The van der Waals surface area contributed by atoms with Gasteiger partial charge in [0.1, 0.15) is 5.69 Å². The molecule has 5 heterocycles. The lowest BCUT2D eigenvalue weighted by molar-refractivity contribution is -0.139. The number of methoxy groups -OCH3 is 4. The van der Waals surface area contributed by atoms with Gasteiger partial charge in [-0.1, -0.05) is 41.4 Å². The smallest absolute Gasteiger partial charge is 0.417 e. The van der Waals surface area contributed by atoms with Crippen molar-refractivity contribution in [3.63, 3.8) is 0 Å². The third-order valence-electron chi connectivity index (χ3n) is 13.0. The number of benzene rings is 3. The fourth-order valence-electron chi connectivity index (χ4n) is 9.83. The summed E-state index contributed by atoms with van der Waals surface area (Å²) in [7, 11) is 7.06. The van der Waals surface area contributed by atoms with Gasteiger partial charge in [-0.2, -0.15) is 18.2 Å². The van der Waals surface area contributed by atoms with Crippen LogP contribution in [0.5, 0.6) is 28.7 Å². The summed E-state index contributed by atoms with van der Waals surface area (Å²) in [6, 6.07) is 11.8. The van der Waals surface area contributed by atoms with Crippen LogP contribution in [0.4, 0.5) is 19.0 Å². The maximum absolute atomic E-state index is 15.6. The quantitative estimate of drug-likeness (QED) is 0.124. The lowest BCUT2D eigenvalue weighted by Gasteiger charge is -2.49. The number of halogens is 5. The number of phenols is 1. The Morgan fingerprint density at radius 1 is 0.882 bits per heavy atom. The molecule has 1 saturated carbocycles. The first kappa shape index (κ1) is 45.9. The van der Waals surface area contributed by atoms with Crippen molar-refractivity contribution >= 4 is 51.9 Å². The minimum absolute atomic E-state index is 0.0532. The Morgan fingerprint density at radius 3 is 2.15 bits per heavy atom. The number of carbonyl (C=O) groups is 2. The van der Waals surface area contributed by atoms with Crippen LogP contribution in [-0.4, -0.2) is 78.8 Å². The monoisotopic (exact) mass is 978 g/mol. The second-order valence-corrected chi connectivity index (χ2v) is 17.1. The van der Waals surface area contributed by atoms with E-state index in [1.54, 1.807) is 37.4 Å². The van der Waals surface area contributed by atoms with Crippen LogP contribution < -0.4 is 41.3 Å². The molecule has 2 aliphatic heterocycles. The number of alkyl halides is 3. The predicted octanol–water partition coefficient (Wildman–Crippen LogP) is 5.38. The van der Waals surface area contributed by atoms with E-state index in [-0.39, 0.29) is 65.0 Å². The highest BCUT2D eigenvalue weighted by Crippen LogP contribution is 2.63. The molecule has 0 bridgehead atoms. The highest BCUT2D eigenvalue weighted by molar-refractivity contribution is 6.33. The van der Waals surface area contributed by atoms with E-state index >= 15 is 9.59 Å². The number of hydrazine groups is 1. The van der Waals surface area contributed by atoms with Crippen LogP contribution >= 0.6 is 23.2 Å². The number of nitrogens with one attached hydrogen (secondary N) is 1. The molecule has 1 saturated heterocycles. The number of carbonyl (C=O) groups excluding carboxylic acids is 2. The highest BCUT2D eigenvalue weighted by atomic mass is 35.5. The van der Waals surface area contributed by atoms with E-state index in [2.05, 4.69) is 15.4 Å². The number of rotatable bonds is 11. The second-order valence-electron chi connectivity index (χ2n) is 16.2. The number of nitrogens with zero attached hydrogens (tertiary/aromatic N) is 7. The van der Waals surface area contributed by atoms with E-state index in [1.165, 1.54) is 66.6 Å². The van der Waals surface area contributed by atoms with Gasteiger partial charge in [0.2, 0.25) is 5.75 Å². The van der Waals surface area contributed by atoms with Crippen molar-refractivity contribution in [1.82, 2.24) is 33.5 Å². The van der Waals surface area contributed by atoms with Crippen molar-refractivity contribution in [2.75, 3.05) is 33.9 Å². The number of phenolic OH excluding ortho intramolecular Hbond substituents is 1. The molecule has 68 heavy (non-hydrogen) atoms. The SMILES string of the molecule is COc1cc2nc(CCn3c(=O)n4n(c3=O)[C@@H]3C[C@H]5C(=O)N(Nc6ncc(C(F)(F)F)cc6Cl)C(=O)[C@@]5(c5ccc(Cl)cc5)[C@@H](c5cc(OC)c(O)c(OC)c5)C3=CC4)c(=O)n(C)c2cc1OC. The number of aromatic nitrogens is 6. The Labute approximate surface area is 392 Å². The normalized spacial score (nSPS) is 19.9. The number of allylic oxidation sites excluding steroid dienone is 2. The molecule has 3 aromatic heterocycles. The third kappa shape index (κ3) is 6.96. The fourth-order valence-corrected chi connectivity index (χ4v) is 10.2. The molecule has 0 radical (unpaired) electrons. The number of aromatic hydroxyl groups is 1. The average Bonchev–Trinajstić information content (AvgIpc) is 3.69. The summed E-state index contributed by atoms with van der Waals surface area (Å²) < 4.78 is 67.6. The molecule has 2 fully saturated rings. The Balaban J connectivity index is 1.20. The summed E-state index contributed by atoms with van der Waals surface area (Å²) in [5.41, 5.74) is -0.655. The molecule has 2 amide bonds. The molecule has 0 spiro atoms. The summed E-state index contributed by atoms with van der Waals surface area (Å²) in [6.07, 6.45) is -3.04. The molecule has 4 atom stereocenters. The van der Waals surface area contributed by atoms with Crippen LogP contribution in [0.3, 0.4) is 0 Å². The average molecular weight is 980 g/mol. The lowest BCUT2D eigenvalue weighted by atomic mass is 9.53. The third-order valence-corrected chi connectivity index (χ3v) is 13.5. The number of fused-ring (bicyclic) bond motifs is 5. The van der Waals surface area contributed by atoms with Gasteiger partial charge in [-0.25, -0.2) is 33.5 Å². The number of hydrogen-bond donors (Lipinski definition) is 2. The van der Waals surface area contributed by atoms with Crippen molar-refractivity contribution in [2.45, 2.75) is 49.5 Å². The molecule has 1 aliphatic carbocycles. The van der Waals surface area contributed by atoms with E-state index < -0.39 is 74.6 Å².